The maximum atomic E-state index is 2.46. The SMILES string of the molecule is CC1(C)c2ccccc2-c2c(c3sc4ccc(N(c5ccccc5)c5ccccc5)cc4c3c3ccccc23)C1(C)C. The lowest BCUT2D eigenvalue weighted by Crippen LogP contribution is -2.43. The summed E-state index contributed by atoms with van der Waals surface area (Å²) in [7, 11) is 0. The molecular weight excluding hydrogens is 527 g/mol. The molecule has 6 aromatic carbocycles. The summed E-state index contributed by atoms with van der Waals surface area (Å²) in [5, 5.41) is 5.40. The summed E-state index contributed by atoms with van der Waals surface area (Å²) >= 11 is 1.96. The molecule has 204 valence electrons. The van der Waals surface area contributed by atoms with Crippen LogP contribution in [0.25, 0.3) is 42.1 Å². The number of para-hydroxylation sites is 2. The van der Waals surface area contributed by atoms with Gasteiger partial charge in [0.15, 0.2) is 0 Å². The molecule has 1 heterocycles. The second kappa shape index (κ2) is 9.05. The number of nitrogens with zero attached hydrogens (tertiary/aromatic N) is 1. The van der Waals surface area contributed by atoms with Crippen molar-refractivity contribution in [3.05, 3.63) is 139 Å². The molecular formula is C40H33NS. The van der Waals surface area contributed by atoms with Gasteiger partial charge in [0.05, 0.1) is 0 Å². The third kappa shape index (κ3) is 3.42. The van der Waals surface area contributed by atoms with E-state index in [4.69, 9.17) is 0 Å². The van der Waals surface area contributed by atoms with Crippen LogP contribution < -0.4 is 4.90 Å². The van der Waals surface area contributed by atoms with E-state index in [1.165, 1.54) is 58.9 Å². The predicted molar refractivity (Wildman–Crippen MR) is 183 cm³/mol. The Morgan fingerprint density at radius 1 is 0.524 bits per heavy atom. The summed E-state index contributed by atoms with van der Waals surface area (Å²) in [6.07, 6.45) is 0. The molecule has 0 saturated heterocycles. The van der Waals surface area contributed by atoms with Gasteiger partial charge in [-0.25, -0.2) is 0 Å². The van der Waals surface area contributed by atoms with Gasteiger partial charge in [-0.3, -0.25) is 0 Å². The highest BCUT2D eigenvalue weighted by molar-refractivity contribution is 7.26. The van der Waals surface area contributed by atoms with E-state index in [-0.39, 0.29) is 10.8 Å². The van der Waals surface area contributed by atoms with Crippen LogP contribution in [0.15, 0.2) is 127 Å². The van der Waals surface area contributed by atoms with Gasteiger partial charge in [-0.15, -0.1) is 11.3 Å². The summed E-state index contributed by atoms with van der Waals surface area (Å²) in [6, 6.07) is 46.6. The molecule has 0 radical (unpaired) electrons. The Morgan fingerprint density at radius 3 is 1.81 bits per heavy atom. The molecule has 1 nitrogen and oxygen atoms in total. The topological polar surface area (TPSA) is 3.24 Å². The lowest BCUT2D eigenvalue weighted by Gasteiger charge is -2.48. The van der Waals surface area contributed by atoms with Crippen LogP contribution in [0.5, 0.6) is 0 Å². The molecule has 0 bridgehead atoms. The molecule has 0 amide bonds. The van der Waals surface area contributed by atoms with Gasteiger partial charge in [-0.05, 0) is 80.9 Å². The Balaban J connectivity index is 1.49. The van der Waals surface area contributed by atoms with E-state index in [1.807, 2.05) is 11.3 Å². The Bertz CT molecular complexity index is 2090. The number of hydrogen-bond donors (Lipinski definition) is 0. The van der Waals surface area contributed by atoms with E-state index in [2.05, 4.69) is 160 Å². The first-order valence-corrected chi connectivity index (χ1v) is 15.6. The van der Waals surface area contributed by atoms with Crippen molar-refractivity contribution in [2.75, 3.05) is 4.90 Å². The summed E-state index contributed by atoms with van der Waals surface area (Å²) in [5.74, 6) is 0. The molecule has 7 aromatic rings. The van der Waals surface area contributed by atoms with Crippen molar-refractivity contribution in [2.45, 2.75) is 38.5 Å². The molecule has 0 spiro atoms. The molecule has 0 N–H and O–H groups in total. The van der Waals surface area contributed by atoms with E-state index in [0.29, 0.717) is 0 Å². The van der Waals surface area contributed by atoms with Crippen LogP contribution in [-0.2, 0) is 10.8 Å². The van der Waals surface area contributed by atoms with Crippen LogP contribution in [0.1, 0.15) is 38.8 Å². The van der Waals surface area contributed by atoms with Crippen molar-refractivity contribution in [1.82, 2.24) is 0 Å². The Hall–Kier alpha value is -4.40. The minimum atomic E-state index is -0.0667. The third-order valence-electron chi connectivity index (χ3n) is 9.96. The third-order valence-corrected chi connectivity index (χ3v) is 11.1. The van der Waals surface area contributed by atoms with E-state index >= 15 is 0 Å². The van der Waals surface area contributed by atoms with E-state index < -0.39 is 0 Å². The maximum Gasteiger partial charge on any atom is 0.0468 e. The fourth-order valence-electron chi connectivity index (χ4n) is 7.21. The standard InChI is InChI=1S/C40H33NS/c1-39(2)33-22-14-13-21-31(33)35-29-19-11-12-20-30(29)36-32-25-28(23-24-34(32)42-38(36)37(35)40(39,3)4)41(26-15-7-5-8-16-26)27-17-9-6-10-18-27/h5-25H,1-4H3. The van der Waals surface area contributed by atoms with Crippen LogP contribution in [0.2, 0.25) is 0 Å². The lowest BCUT2D eigenvalue weighted by molar-refractivity contribution is 0.302. The minimum absolute atomic E-state index is 0.0231. The van der Waals surface area contributed by atoms with Crippen molar-refractivity contribution in [2.24, 2.45) is 0 Å². The molecule has 0 fully saturated rings. The Labute approximate surface area is 251 Å². The minimum Gasteiger partial charge on any atom is -0.310 e. The average Bonchev–Trinajstić information content (AvgIpc) is 3.40. The fourth-order valence-corrected chi connectivity index (χ4v) is 8.62. The van der Waals surface area contributed by atoms with Crippen molar-refractivity contribution in [3.8, 4) is 11.1 Å². The molecule has 0 atom stereocenters. The molecule has 0 unspecified atom stereocenters. The monoisotopic (exact) mass is 559 g/mol. The van der Waals surface area contributed by atoms with E-state index in [0.717, 1.165) is 11.4 Å². The smallest absolute Gasteiger partial charge is 0.0468 e. The second-order valence-corrected chi connectivity index (χ2v) is 13.6. The van der Waals surface area contributed by atoms with Crippen molar-refractivity contribution in [1.29, 1.82) is 0 Å². The van der Waals surface area contributed by atoms with Crippen molar-refractivity contribution < 1.29 is 0 Å². The average molecular weight is 560 g/mol. The second-order valence-electron chi connectivity index (χ2n) is 12.6. The van der Waals surface area contributed by atoms with Crippen molar-refractivity contribution >= 4 is 59.3 Å². The van der Waals surface area contributed by atoms with Crippen molar-refractivity contribution in [3.63, 3.8) is 0 Å². The number of anilines is 3. The van der Waals surface area contributed by atoms with Gasteiger partial charge < -0.3 is 4.90 Å². The summed E-state index contributed by atoms with van der Waals surface area (Å²) < 4.78 is 2.76. The Morgan fingerprint density at radius 2 is 1.12 bits per heavy atom. The number of hydrogen-bond acceptors (Lipinski definition) is 2. The summed E-state index contributed by atoms with van der Waals surface area (Å²) in [4.78, 5) is 2.37. The van der Waals surface area contributed by atoms with Gasteiger partial charge >= 0.3 is 0 Å². The van der Waals surface area contributed by atoms with E-state index in [9.17, 15) is 0 Å². The molecule has 1 aliphatic rings. The predicted octanol–water partition coefficient (Wildman–Crippen LogP) is 11.9. The highest BCUT2D eigenvalue weighted by atomic mass is 32.1. The van der Waals surface area contributed by atoms with Gasteiger partial charge in [-0.1, -0.05) is 113 Å². The first kappa shape index (κ1) is 25.3. The molecule has 42 heavy (non-hydrogen) atoms. The largest absolute Gasteiger partial charge is 0.310 e. The van der Waals surface area contributed by atoms with Gasteiger partial charge in [0.2, 0.25) is 0 Å². The quantitative estimate of drug-likeness (QED) is 0.208. The molecule has 8 rings (SSSR count). The van der Waals surface area contributed by atoms with Gasteiger partial charge in [0.25, 0.3) is 0 Å². The maximum absolute atomic E-state index is 2.46. The summed E-state index contributed by atoms with van der Waals surface area (Å²) in [5.41, 5.74) is 9.13. The zero-order chi connectivity index (χ0) is 28.6. The molecule has 2 heteroatoms. The highest BCUT2D eigenvalue weighted by Gasteiger charge is 2.47. The zero-order valence-corrected chi connectivity index (χ0v) is 25.3. The van der Waals surface area contributed by atoms with Crippen LogP contribution in [0, 0.1) is 0 Å². The van der Waals surface area contributed by atoms with Crippen LogP contribution in [0.3, 0.4) is 0 Å². The molecule has 0 saturated carbocycles. The molecule has 1 aliphatic carbocycles. The molecule has 1 aromatic heterocycles. The van der Waals surface area contributed by atoms with Crippen LogP contribution >= 0.6 is 11.3 Å². The number of rotatable bonds is 3. The number of benzene rings is 6. The molecule has 0 aliphatic heterocycles. The zero-order valence-electron chi connectivity index (χ0n) is 24.5. The van der Waals surface area contributed by atoms with Gasteiger partial charge in [0, 0.05) is 42.6 Å². The van der Waals surface area contributed by atoms with E-state index in [1.54, 1.807) is 0 Å². The number of fused-ring (bicyclic) bond motifs is 10. The van der Waals surface area contributed by atoms with Crippen LogP contribution in [-0.4, -0.2) is 0 Å². The summed E-state index contributed by atoms with van der Waals surface area (Å²) in [6.45, 7) is 9.77. The van der Waals surface area contributed by atoms with Gasteiger partial charge in [-0.2, -0.15) is 0 Å². The van der Waals surface area contributed by atoms with Gasteiger partial charge in [0.1, 0.15) is 0 Å². The number of thiophene rings is 1. The normalized spacial score (nSPS) is 15.0. The lowest BCUT2D eigenvalue weighted by atomic mass is 9.55. The Kier molecular flexibility index (Phi) is 5.45. The first-order valence-electron chi connectivity index (χ1n) is 14.8. The first-order chi connectivity index (χ1) is 20.4. The highest BCUT2D eigenvalue weighted by Crippen LogP contribution is 2.59. The van der Waals surface area contributed by atoms with Crippen LogP contribution in [0.4, 0.5) is 17.1 Å². The fraction of sp³-hybridized carbons (Fsp3) is 0.150.